The van der Waals surface area contributed by atoms with Crippen molar-refractivity contribution in [1.82, 2.24) is 5.32 Å². The maximum Gasteiger partial charge on any atom is 0.234 e. The molecule has 0 bridgehead atoms. The molecule has 2 amide bonds. The van der Waals surface area contributed by atoms with Crippen LogP contribution >= 0.6 is 11.8 Å². The Hall–Kier alpha value is -3.63. The highest BCUT2D eigenvalue weighted by molar-refractivity contribution is 8.03. The van der Waals surface area contributed by atoms with E-state index in [1.165, 1.54) is 12.1 Å². The third-order valence-corrected chi connectivity index (χ3v) is 6.03. The van der Waals surface area contributed by atoms with E-state index in [0.29, 0.717) is 21.9 Å². The summed E-state index contributed by atoms with van der Waals surface area (Å²) in [6.45, 7) is 0. The number of carbonyl (C=O) groups excluding carboxylic acids is 2. The number of benzene rings is 3. The van der Waals surface area contributed by atoms with E-state index >= 15 is 0 Å². The van der Waals surface area contributed by atoms with Gasteiger partial charge >= 0.3 is 0 Å². The number of fused-ring (bicyclic) bond motifs is 1. The molecule has 2 N–H and O–H groups in total. The summed E-state index contributed by atoms with van der Waals surface area (Å²) in [4.78, 5) is 24.7. The van der Waals surface area contributed by atoms with Gasteiger partial charge < -0.3 is 10.6 Å². The minimum Gasteiger partial charge on any atom is -0.325 e. The molecule has 0 aliphatic carbocycles. The van der Waals surface area contributed by atoms with Crippen LogP contribution in [0.15, 0.2) is 77.3 Å². The smallest absolute Gasteiger partial charge is 0.234 e. The average Bonchev–Trinajstić information content (AvgIpc) is 2.77. The number of nitriles is 1. The Balaban J connectivity index is 1.48. The van der Waals surface area contributed by atoms with Crippen molar-refractivity contribution in [1.29, 1.82) is 5.26 Å². The maximum atomic E-state index is 13.3. The summed E-state index contributed by atoms with van der Waals surface area (Å²) < 4.78 is 13.3. The van der Waals surface area contributed by atoms with E-state index in [0.717, 1.165) is 22.5 Å². The molecule has 0 spiro atoms. The van der Waals surface area contributed by atoms with Crippen LogP contribution in [0.3, 0.4) is 0 Å². The molecule has 154 valence electrons. The third kappa shape index (κ3) is 4.76. The Morgan fingerprint density at radius 1 is 1.13 bits per heavy atom. The van der Waals surface area contributed by atoms with Crippen LogP contribution in [0.2, 0.25) is 0 Å². The molecule has 0 fully saturated rings. The molecule has 0 aromatic heterocycles. The van der Waals surface area contributed by atoms with Crippen LogP contribution in [-0.2, 0) is 9.59 Å². The minimum atomic E-state index is -0.467. The second kappa shape index (κ2) is 9.02. The van der Waals surface area contributed by atoms with E-state index in [9.17, 15) is 19.2 Å². The van der Waals surface area contributed by atoms with Crippen molar-refractivity contribution >= 4 is 40.0 Å². The third-order valence-electron chi connectivity index (χ3n) is 5.01. The number of allylic oxidation sites excluding steroid dienone is 1. The molecule has 3 aromatic rings. The molecule has 0 unspecified atom stereocenters. The van der Waals surface area contributed by atoms with Gasteiger partial charge in [-0.15, -0.1) is 0 Å². The van der Waals surface area contributed by atoms with Gasteiger partial charge in [0.05, 0.1) is 22.4 Å². The normalized spacial score (nSPS) is 16.0. The Bertz CT molecular complexity index is 1230. The van der Waals surface area contributed by atoms with Crippen LogP contribution in [0.1, 0.15) is 17.9 Å². The number of nitrogens with one attached hydrogen (secondary N) is 2. The van der Waals surface area contributed by atoms with Gasteiger partial charge in [-0.3, -0.25) is 9.59 Å². The van der Waals surface area contributed by atoms with Gasteiger partial charge in [0.25, 0.3) is 0 Å². The predicted molar refractivity (Wildman–Crippen MR) is 120 cm³/mol. The van der Waals surface area contributed by atoms with E-state index in [1.54, 1.807) is 12.1 Å². The molecule has 1 atom stereocenters. The summed E-state index contributed by atoms with van der Waals surface area (Å²) in [7, 11) is 0. The summed E-state index contributed by atoms with van der Waals surface area (Å²) in [6, 6.07) is 21.4. The second-order valence-corrected chi connectivity index (χ2v) is 8.10. The molecule has 5 nitrogen and oxygen atoms in total. The molecular weight excluding hydrogens is 413 g/mol. The number of carbonyl (C=O) groups is 2. The Labute approximate surface area is 182 Å². The second-order valence-electron chi connectivity index (χ2n) is 7.11. The number of anilines is 1. The lowest BCUT2D eigenvalue weighted by Gasteiger charge is -2.25. The standard InChI is InChI=1S/C24H18FN3O2S/c25-18-8-5-16(6-9-18)20-12-22(29)28-24(21(20)13-26)31-14-23(30)27-19-10-7-15-3-1-2-4-17(15)11-19/h1-11,20H,12,14H2,(H,27,30)(H,28,29)/t20-/m0/s1. The number of halogens is 1. The number of thioether (sulfide) groups is 1. The van der Waals surface area contributed by atoms with E-state index in [4.69, 9.17) is 0 Å². The quantitative estimate of drug-likeness (QED) is 0.614. The van der Waals surface area contributed by atoms with Crippen LogP contribution < -0.4 is 10.6 Å². The van der Waals surface area contributed by atoms with Crippen molar-refractivity contribution in [2.75, 3.05) is 11.1 Å². The van der Waals surface area contributed by atoms with Crippen LogP contribution in [0.5, 0.6) is 0 Å². The summed E-state index contributed by atoms with van der Waals surface area (Å²) in [5.41, 5.74) is 1.73. The SMILES string of the molecule is N#CC1=C(SCC(=O)Nc2ccc3ccccc3c2)NC(=O)C[C@H]1c1ccc(F)cc1. The maximum absolute atomic E-state index is 13.3. The molecule has 0 saturated carbocycles. The molecule has 4 rings (SSSR count). The first-order valence-electron chi connectivity index (χ1n) is 9.64. The zero-order valence-corrected chi connectivity index (χ0v) is 17.2. The van der Waals surface area contributed by atoms with E-state index in [2.05, 4.69) is 16.7 Å². The summed E-state index contributed by atoms with van der Waals surface area (Å²) in [5, 5.41) is 17.7. The van der Waals surface area contributed by atoms with Crippen LogP contribution in [0.25, 0.3) is 10.8 Å². The van der Waals surface area contributed by atoms with Gasteiger partial charge in [-0.1, -0.05) is 54.2 Å². The molecule has 7 heteroatoms. The summed E-state index contributed by atoms with van der Waals surface area (Å²) in [6.07, 6.45) is 0.0991. The Morgan fingerprint density at radius 3 is 2.61 bits per heavy atom. The van der Waals surface area contributed by atoms with Gasteiger partial charge in [-0.05, 0) is 40.6 Å². The van der Waals surface area contributed by atoms with E-state index in [1.807, 2.05) is 42.5 Å². The summed E-state index contributed by atoms with van der Waals surface area (Å²) in [5.74, 6) is -1.31. The van der Waals surface area contributed by atoms with Crippen molar-refractivity contribution in [3.8, 4) is 6.07 Å². The van der Waals surface area contributed by atoms with Gasteiger partial charge in [0, 0.05) is 18.0 Å². The molecule has 1 heterocycles. The minimum absolute atomic E-state index is 0.0315. The molecule has 31 heavy (non-hydrogen) atoms. The number of nitrogens with zero attached hydrogens (tertiary/aromatic N) is 1. The summed E-state index contributed by atoms with van der Waals surface area (Å²) >= 11 is 1.11. The van der Waals surface area contributed by atoms with Gasteiger partial charge in [-0.25, -0.2) is 4.39 Å². The van der Waals surface area contributed by atoms with Gasteiger partial charge in [0.1, 0.15) is 5.82 Å². The zero-order chi connectivity index (χ0) is 21.8. The highest BCUT2D eigenvalue weighted by atomic mass is 32.2. The molecule has 0 radical (unpaired) electrons. The van der Waals surface area contributed by atoms with Crippen LogP contribution in [0, 0.1) is 17.1 Å². The number of amides is 2. The average molecular weight is 431 g/mol. The zero-order valence-electron chi connectivity index (χ0n) is 16.4. The topological polar surface area (TPSA) is 82.0 Å². The van der Waals surface area contributed by atoms with Gasteiger partial charge in [0.2, 0.25) is 11.8 Å². The molecule has 1 aliphatic rings. The fourth-order valence-electron chi connectivity index (χ4n) is 3.51. The number of hydrogen-bond donors (Lipinski definition) is 2. The molecular formula is C24H18FN3O2S. The fraction of sp³-hybridized carbons (Fsp3) is 0.125. The lowest BCUT2D eigenvalue weighted by Crippen LogP contribution is -2.31. The van der Waals surface area contributed by atoms with Gasteiger partial charge in [0.15, 0.2) is 0 Å². The first-order valence-corrected chi connectivity index (χ1v) is 10.6. The lowest BCUT2D eigenvalue weighted by molar-refractivity contribution is -0.121. The van der Waals surface area contributed by atoms with Gasteiger partial charge in [-0.2, -0.15) is 5.26 Å². The van der Waals surface area contributed by atoms with Crippen LogP contribution in [-0.4, -0.2) is 17.6 Å². The largest absolute Gasteiger partial charge is 0.325 e. The lowest BCUT2D eigenvalue weighted by atomic mass is 9.87. The highest BCUT2D eigenvalue weighted by Gasteiger charge is 2.29. The predicted octanol–water partition coefficient (Wildman–Crippen LogP) is 4.69. The van der Waals surface area contributed by atoms with E-state index in [-0.39, 0.29) is 29.8 Å². The first kappa shape index (κ1) is 20.6. The Morgan fingerprint density at radius 2 is 1.87 bits per heavy atom. The fourth-order valence-corrected chi connectivity index (χ4v) is 4.39. The van der Waals surface area contributed by atoms with Crippen molar-refractivity contribution in [3.63, 3.8) is 0 Å². The molecule has 1 aliphatic heterocycles. The van der Waals surface area contributed by atoms with Crippen molar-refractivity contribution in [2.24, 2.45) is 0 Å². The van der Waals surface area contributed by atoms with Crippen molar-refractivity contribution in [3.05, 3.63) is 88.7 Å². The Kier molecular flexibility index (Phi) is 6.01. The van der Waals surface area contributed by atoms with E-state index < -0.39 is 5.92 Å². The monoisotopic (exact) mass is 431 g/mol. The number of hydrogen-bond acceptors (Lipinski definition) is 4. The highest BCUT2D eigenvalue weighted by Crippen LogP contribution is 2.36. The van der Waals surface area contributed by atoms with Crippen molar-refractivity contribution < 1.29 is 14.0 Å². The van der Waals surface area contributed by atoms with Crippen molar-refractivity contribution in [2.45, 2.75) is 12.3 Å². The number of rotatable bonds is 5. The van der Waals surface area contributed by atoms with Crippen LogP contribution in [0.4, 0.5) is 10.1 Å². The first-order chi connectivity index (χ1) is 15.0. The molecule has 0 saturated heterocycles. The molecule has 3 aromatic carbocycles.